The van der Waals surface area contributed by atoms with Crippen molar-refractivity contribution in [1.82, 2.24) is 15.5 Å². The molecule has 0 amide bonds. The van der Waals surface area contributed by atoms with Gasteiger partial charge in [-0.3, -0.25) is 0 Å². The summed E-state index contributed by atoms with van der Waals surface area (Å²) in [5.74, 6) is 1.72. The second-order valence-electron chi connectivity index (χ2n) is 4.87. The molecule has 0 aliphatic rings. The minimum Gasteiger partial charge on any atom is -0.497 e. The number of hydrogen-bond acceptors (Lipinski definition) is 3. The Morgan fingerprint density at radius 1 is 1.27 bits per heavy atom. The Kier molecular flexibility index (Phi) is 11.9. The van der Waals surface area contributed by atoms with E-state index >= 15 is 0 Å². The van der Waals surface area contributed by atoms with Crippen LogP contribution >= 0.6 is 24.0 Å². The van der Waals surface area contributed by atoms with Gasteiger partial charge in [-0.05, 0) is 38.2 Å². The topological polar surface area (TPSA) is 48.9 Å². The van der Waals surface area contributed by atoms with Gasteiger partial charge >= 0.3 is 0 Å². The molecule has 0 aliphatic heterocycles. The molecule has 2 N–H and O–H groups in total. The molecule has 0 saturated carbocycles. The Morgan fingerprint density at radius 2 is 2.05 bits per heavy atom. The minimum absolute atomic E-state index is 0. The summed E-state index contributed by atoms with van der Waals surface area (Å²) in [7, 11) is 3.79. The molecule has 0 atom stereocenters. The fraction of sp³-hybridized carbons (Fsp3) is 0.562. The smallest absolute Gasteiger partial charge is 0.191 e. The number of methoxy groups -OCH3 is 1. The minimum atomic E-state index is 0. The molecular formula is C16H29IN4O. The number of likely N-dealkylation sites (N-methyl/N-ethyl adjacent to an activating group) is 1. The third-order valence-corrected chi connectivity index (χ3v) is 3.22. The lowest BCUT2D eigenvalue weighted by Crippen LogP contribution is -2.40. The first-order chi connectivity index (χ1) is 10.2. The van der Waals surface area contributed by atoms with Crippen LogP contribution in [0.5, 0.6) is 5.75 Å². The third-order valence-electron chi connectivity index (χ3n) is 3.22. The normalized spacial score (nSPS) is 11.0. The molecule has 0 spiro atoms. The summed E-state index contributed by atoms with van der Waals surface area (Å²) in [6.45, 7) is 8.65. The summed E-state index contributed by atoms with van der Waals surface area (Å²) in [6, 6.07) is 8.00. The molecule has 1 aromatic rings. The van der Waals surface area contributed by atoms with Crippen LogP contribution in [-0.4, -0.2) is 51.2 Å². The van der Waals surface area contributed by atoms with Gasteiger partial charge < -0.3 is 20.3 Å². The SMILES string of the molecule is CCNC(=NCc1cccc(OC)c1)NCCN(C)CC.I. The number of halogens is 1. The van der Waals surface area contributed by atoms with Crippen LogP contribution in [0.3, 0.4) is 0 Å². The molecule has 0 radical (unpaired) electrons. The Balaban J connectivity index is 0.00000441. The molecule has 0 heterocycles. The summed E-state index contributed by atoms with van der Waals surface area (Å²) in [5, 5.41) is 6.61. The summed E-state index contributed by atoms with van der Waals surface area (Å²) in [4.78, 5) is 6.86. The van der Waals surface area contributed by atoms with E-state index in [-0.39, 0.29) is 24.0 Å². The maximum absolute atomic E-state index is 5.23. The zero-order valence-electron chi connectivity index (χ0n) is 14.1. The van der Waals surface area contributed by atoms with Gasteiger partial charge in [0, 0.05) is 19.6 Å². The Labute approximate surface area is 151 Å². The number of guanidine groups is 1. The van der Waals surface area contributed by atoms with Crippen molar-refractivity contribution in [3.63, 3.8) is 0 Å². The fourth-order valence-electron chi connectivity index (χ4n) is 1.81. The van der Waals surface area contributed by atoms with Crippen molar-refractivity contribution in [2.45, 2.75) is 20.4 Å². The molecule has 0 aliphatic carbocycles. The number of rotatable bonds is 8. The summed E-state index contributed by atoms with van der Waals surface area (Å²) >= 11 is 0. The van der Waals surface area contributed by atoms with Crippen LogP contribution in [0.1, 0.15) is 19.4 Å². The molecule has 0 aromatic heterocycles. The summed E-state index contributed by atoms with van der Waals surface area (Å²) in [6.07, 6.45) is 0. The van der Waals surface area contributed by atoms with Gasteiger partial charge in [-0.2, -0.15) is 0 Å². The average Bonchev–Trinajstić information content (AvgIpc) is 2.52. The van der Waals surface area contributed by atoms with Crippen LogP contribution in [0.15, 0.2) is 29.3 Å². The molecule has 22 heavy (non-hydrogen) atoms. The first kappa shape index (κ1) is 21.0. The summed E-state index contributed by atoms with van der Waals surface area (Å²) in [5.41, 5.74) is 1.14. The quantitative estimate of drug-likeness (QED) is 0.385. The number of nitrogens with one attached hydrogen (secondary N) is 2. The Hall–Kier alpha value is -1.02. The van der Waals surface area contributed by atoms with Crippen molar-refractivity contribution < 1.29 is 4.74 Å². The molecule has 126 valence electrons. The third kappa shape index (κ3) is 8.43. The van der Waals surface area contributed by atoms with Crippen molar-refractivity contribution in [1.29, 1.82) is 0 Å². The largest absolute Gasteiger partial charge is 0.497 e. The molecule has 0 saturated heterocycles. The molecular weight excluding hydrogens is 391 g/mol. The van der Waals surface area contributed by atoms with Gasteiger partial charge in [0.1, 0.15) is 5.75 Å². The van der Waals surface area contributed by atoms with E-state index in [9.17, 15) is 0 Å². The lowest BCUT2D eigenvalue weighted by molar-refractivity contribution is 0.357. The highest BCUT2D eigenvalue weighted by atomic mass is 127. The van der Waals surface area contributed by atoms with E-state index in [4.69, 9.17) is 4.74 Å². The fourth-order valence-corrected chi connectivity index (χ4v) is 1.81. The summed E-state index contributed by atoms with van der Waals surface area (Å²) < 4.78 is 5.23. The van der Waals surface area contributed by atoms with Gasteiger partial charge in [-0.1, -0.05) is 19.1 Å². The number of ether oxygens (including phenoxy) is 1. The molecule has 0 fully saturated rings. The van der Waals surface area contributed by atoms with Crippen molar-refractivity contribution in [3.8, 4) is 5.75 Å². The van der Waals surface area contributed by atoms with E-state index in [1.54, 1.807) is 7.11 Å². The van der Waals surface area contributed by atoms with Crippen LogP contribution in [0.2, 0.25) is 0 Å². The second kappa shape index (κ2) is 12.5. The van der Waals surface area contributed by atoms with Gasteiger partial charge in [0.05, 0.1) is 13.7 Å². The van der Waals surface area contributed by atoms with Crippen LogP contribution in [0.25, 0.3) is 0 Å². The average molecular weight is 420 g/mol. The first-order valence-electron chi connectivity index (χ1n) is 7.53. The maximum atomic E-state index is 5.23. The molecule has 1 rings (SSSR count). The monoisotopic (exact) mass is 420 g/mol. The number of hydrogen-bond donors (Lipinski definition) is 2. The highest BCUT2D eigenvalue weighted by Gasteiger charge is 2.00. The predicted octanol–water partition coefficient (Wildman–Crippen LogP) is 2.32. The van der Waals surface area contributed by atoms with Crippen molar-refractivity contribution in [3.05, 3.63) is 29.8 Å². The van der Waals surface area contributed by atoms with Crippen LogP contribution < -0.4 is 15.4 Å². The van der Waals surface area contributed by atoms with Crippen LogP contribution in [-0.2, 0) is 6.54 Å². The highest BCUT2D eigenvalue weighted by molar-refractivity contribution is 14.0. The van der Waals surface area contributed by atoms with E-state index in [0.29, 0.717) is 6.54 Å². The van der Waals surface area contributed by atoms with E-state index in [1.165, 1.54) is 0 Å². The molecule has 0 unspecified atom stereocenters. The zero-order chi connectivity index (χ0) is 15.5. The lowest BCUT2D eigenvalue weighted by Gasteiger charge is -2.16. The van der Waals surface area contributed by atoms with Gasteiger partial charge in [0.15, 0.2) is 5.96 Å². The molecule has 1 aromatic carbocycles. The van der Waals surface area contributed by atoms with Gasteiger partial charge in [0.25, 0.3) is 0 Å². The first-order valence-corrected chi connectivity index (χ1v) is 7.53. The van der Waals surface area contributed by atoms with Gasteiger partial charge in [0.2, 0.25) is 0 Å². The maximum Gasteiger partial charge on any atom is 0.191 e. The van der Waals surface area contributed by atoms with Crippen LogP contribution in [0, 0.1) is 0 Å². The Morgan fingerprint density at radius 3 is 2.68 bits per heavy atom. The lowest BCUT2D eigenvalue weighted by atomic mass is 10.2. The van der Waals surface area contributed by atoms with E-state index in [0.717, 1.165) is 43.5 Å². The zero-order valence-corrected chi connectivity index (χ0v) is 16.4. The van der Waals surface area contributed by atoms with E-state index in [2.05, 4.69) is 47.5 Å². The van der Waals surface area contributed by atoms with Crippen LogP contribution in [0.4, 0.5) is 0 Å². The number of nitrogens with zero attached hydrogens (tertiary/aromatic N) is 2. The van der Waals surface area contributed by atoms with Crippen molar-refractivity contribution >= 4 is 29.9 Å². The standard InChI is InChI=1S/C16H28N4O.HI/c1-5-17-16(18-10-11-20(3)6-2)19-13-14-8-7-9-15(12-14)21-4;/h7-9,12H,5-6,10-11,13H2,1-4H3,(H2,17,18,19);1H. The molecule has 6 heteroatoms. The number of benzene rings is 1. The molecule has 0 bridgehead atoms. The predicted molar refractivity (Wildman–Crippen MR) is 104 cm³/mol. The van der Waals surface area contributed by atoms with Crippen molar-refractivity contribution in [2.75, 3.05) is 40.3 Å². The van der Waals surface area contributed by atoms with E-state index in [1.807, 2.05) is 18.2 Å². The molecule has 5 nitrogen and oxygen atoms in total. The highest BCUT2D eigenvalue weighted by Crippen LogP contribution is 2.12. The van der Waals surface area contributed by atoms with Gasteiger partial charge in [-0.25, -0.2) is 4.99 Å². The van der Waals surface area contributed by atoms with E-state index < -0.39 is 0 Å². The Bertz CT molecular complexity index is 440. The number of aliphatic imine (C=N–C) groups is 1. The van der Waals surface area contributed by atoms with Crippen molar-refractivity contribution in [2.24, 2.45) is 4.99 Å². The second-order valence-corrected chi connectivity index (χ2v) is 4.87. The van der Waals surface area contributed by atoms with Gasteiger partial charge in [-0.15, -0.1) is 24.0 Å².